The lowest BCUT2D eigenvalue weighted by Gasteiger charge is -2.34. The molecule has 17 heavy (non-hydrogen) atoms. The standard InChI is InChI=1S/C9H19N3O4S/c1-3-16-8(13)11-17(14,15)12-9(2)4-6-10-7-5-9/h10,12H,3-7H2,1-2H3,(H,11,13). The van der Waals surface area contributed by atoms with Crippen molar-refractivity contribution < 1.29 is 17.9 Å². The van der Waals surface area contributed by atoms with Crippen molar-refractivity contribution in [1.82, 2.24) is 14.8 Å². The van der Waals surface area contributed by atoms with Crippen LogP contribution in [0.5, 0.6) is 0 Å². The average molecular weight is 265 g/mol. The summed E-state index contributed by atoms with van der Waals surface area (Å²) in [5, 5.41) is 3.14. The molecule has 8 heteroatoms. The molecule has 0 radical (unpaired) electrons. The highest BCUT2D eigenvalue weighted by Crippen LogP contribution is 2.17. The normalized spacial score (nSPS) is 19.6. The molecule has 0 aromatic rings. The van der Waals surface area contributed by atoms with Gasteiger partial charge in [0.15, 0.2) is 0 Å². The number of ether oxygens (including phenoxy) is 1. The van der Waals surface area contributed by atoms with E-state index in [1.54, 1.807) is 6.92 Å². The first-order valence-corrected chi connectivity index (χ1v) is 7.04. The first kappa shape index (κ1) is 14.2. The van der Waals surface area contributed by atoms with E-state index in [0.29, 0.717) is 12.8 Å². The van der Waals surface area contributed by atoms with Crippen LogP contribution >= 0.6 is 0 Å². The molecule has 1 fully saturated rings. The van der Waals surface area contributed by atoms with E-state index < -0.39 is 21.8 Å². The Hall–Kier alpha value is -0.860. The molecule has 3 N–H and O–H groups in total. The second-order valence-corrected chi connectivity index (χ2v) is 5.65. The van der Waals surface area contributed by atoms with Gasteiger partial charge in [-0.3, -0.25) is 0 Å². The van der Waals surface area contributed by atoms with Crippen LogP contribution in [-0.2, 0) is 14.9 Å². The minimum atomic E-state index is -3.86. The van der Waals surface area contributed by atoms with Crippen molar-refractivity contribution in [1.29, 1.82) is 0 Å². The van der Waals surface area contributed by atoms with E-state index in [0.717, 1.165) is 13.1 Å². The van der Waals surface area contributed by atoms with Crippen LogP contribution in [-0.4, -0.2) is 39.7 Å². The molecule has 1 rings (SSSR count). The molecule has 0 atom stereocenters. The second kappa shape index (κ2) is 5.65. The predicted octanol–water partition coefficient (Wildman–Crippen LogP) is -0.291. The number of hydrogen-bond donors (Lipinski definition) is 3. The van der Waals surface area contributed by atoms with Crippen molar-refractivity contribution >= 4 is 16.3 Å². The number of nitrogens with one attached hydrogen (secondary N) is 3. The van der Waals surface area contributed by atoms with Crippen molar-refractivity contribution in [3.8, 4) is 0 Å². The molecule has 0 bridgehead atoms. The largest absolute Gasteiger partial charge is 0.449 e. The fraction of sp³-hybridized carbons (Fsp3) is 0.889. The second-order valence-electron chi connectivity index (χ2n) is 4.24. The summed E-state index contributed by atoms with van der Waals surface area (Å²) >= 11 is 0. The highest BCUT2D eigenvalue weighted by molar-refractivity contribution is 7.88. The van der Waals surface area contributed by atoms with E-state index in [1.165, 1.54) is 0 Å². The summed E-state index contributed by atoms with van der Waals surface area (Å²) in [5.74, 6) is 0. The average Bonchev–Trinajstić information content (AvgIpc) is 2.15. The van der Waals surface area contributed by atoms with Gasteiger partial charge in [-0.05, 0) is 39.8 Å². The van der Waals surface area contributed by atoms with E-state index in [1.807, 2.05) is 11.6 Å². The van der Waals surface area contributed by atoms with Crippen LogP contribution in [0.1, 0.15) is 26.7 Å². The van der Waals surface area contributed by atoms with Gasteiger partial charge in [0.2, 0.25) is 0 Å². The van der Waals surface area contributed by atoms with Crippen LogP contribution < -0.4 is 14.8 Å². The number of piperidine rings is 1. The summed E-state index contributed by atoms with van der Waals surface area (Å²) in [7, 11) is -3.86. The molecule has 1 aliphatic rings. The van der Waals surface area contributed by atoms with Crippen molar-refractivity contribution in [2.75, 3.05) is 19.7 Å². The molecule has 0 aromatic heterocycles. The molecule has 0 aromatic carbocycles. The summed E-state index contributed by atoms with van der Waals surface area (Å²) in [4.78, 5) is 11.0. The summed E-state index contributed by atoms with van der Waals surface area (Å²) in [6.45, 7) is 5.05. The van der Waals surface area contributed by atoms with Crippen LogP contribution in [0.2, 0.25) is 0 Å². The van der Waals surface area contributed by atoms with Crippen molar-refractivity contribution in [3.05, 3.63) is 0 Å². The van der Waals surface area contributed by atoms with Gasteiger partial charge in [0.25, 0.3) is 0 Å². The first-order chi connectivity index (χ1) is 7.87. The Bertz CT molecular complexity index is 362. The highest BCUT2D eigenvalue weighted by atomic mass is 32.2. The van der Waals surface area contributed by atoms with E-state index in [4.69, 9.17) is 0 Å². The monoisotopic (exact) mass is 265 g/mol. The molecule has 1 amide bonds. The molecule has 100 valence electrons. The quantitative estimate of drug-likeness (QED) is 0.649. The van der Waals surface area contributed by atoms with E-state index in [2.05, 4.69) is 14.8 Å². The van der Waals surface area contributed by atoms with E-state index in [-0.39, 0.29) is 6.61 Å². The SMILES string of the molecule is CCOC(=O)NS(=O)(=O)NC1(C)CCNCC1. The third kappa shape index (κ3) is 4.88. The molecule has 1 heterocycles. The van der Waals surface area contributed by atoms with Gasteiger partial charge < -0.3 is 10.1 Å². The molecule has 0 saturated carbocycles. The van der Waals surface area contributed by atoms with Crippen molar-refractivity contribution in [3.63, 3.8) is 0 Å². The van der Waals surface area contributed by atoms with Crippen LogP contribution in [0.3, 0.4) is 0 Å². The van der Waals surface area contributed by atoms with Crippen molar-refractivity contribution in [2.45, 2.75) is 32.2 Å². The Kier molecular flexibility index (Phi) is 4.72. The Morgan fingerprint density at radius 1 is 1.41 bits per heavy atom. The number of carbonyl (C=O) groups is 1. The van der Waals surface area contributed by atoms with Crippen LogP contribution in [0.25, 0.3) is 0 Å². The Labute approximate surface area is 101 Å². The van der Waals surface area contributed by atoms with Crippen LogP contribution in [0.4, 0.5) is 4.79 Å². The van der Waals surface area contributed by atoms with Gasteiger partial charge in [0, 0.05) is 5.54 Å². The number of amides is 1. The summed E-state index contributed by atoms with van der Waals surface area (Å²) < 4.78 is 32.1. The fourth-order valence-electron chi connectivity index (χ4n) is 1.70. The van der Waals surface area contributed by atoms with Gasteiger partial charge in [-0.1, -0.05) is 0 Å². The van der Waals surface area contributed by atoms with Crippen LogP contribution in [0.15, 0.2) is 0 Å². The summed E-state index contributed by atoms with van der Waals surface area (Å²) in [6, 6.07) is 0. The number of carbonyl (C=O) groups excluding carboxylic acids is 1. The van der Waals surface area contributed by atoms with Gasteiger partial charge in [0.1, 0.15) is 0 Å². The molecule has 7 nitrogen and oxygen atoms in total. The molecule has 0 unspecified atom stereocenters. The zero-order chi connectivity index (χ0) is 12.9. The highest BCUT2D eigenvalue weighted by Gasteiger charge is 2.32. The molecule has 1 aliphatic heterocycles. The zero-order valence-corrected chi connectivity index (χ0v) is 10.9. The molecular formula is C9H19N3O4S. The van der Waals surface area contributed by atoms with E-state index in [9.17, 15) is 13.2 Å². The van der Waals surface area contributed by atoms with E-state index >= 15 is 0 Å². The molecular weight excluding hydrogens is 246 g/mol. The van der Waals surface area contributed by atoms with Gasteiger partial charge in [-0.15, -0.1) is 0 Å². The Morgan fingerprint density at radius 3 is 2.53 bits per heavy atom. The minimum absolute atomic E-state index is 0.128. The lowest BCUT2D eigenvalue weighted by molar-refractivity contribution is 0.158. The lowest BCUT2D eigenvalue weighted by Crippen LogP contribution is -2.55. The third-order valence-corrected chi connectivity index (χ3v) is 3.78. The fourth-order valence-corrected chi connectivity index (χ4v) is 2.88. The van der Waals surface area contributed by atoms with Gasteiger partial charge in [-0.2, -0.15) is 13.1 Å². The maximum atomic E-state index is 11.6. The van der Waals surface area contributed by atoms with Gasteiger partial charge >= 0.3 is 16.3 Å². The molecule has 0 spiro atoms. The Morgan fingerprint density at radius 2 is 2.00 bits per heavy atom. The lowest BCUT2D eigenvalue weighted by atomic mass is 9.92. The van der Waals surface area contributed by atoms with Gasteiger partial charge in [-0.25, -0.2) is 9.52 Å². The summed E-state index contributed by atoms with van der Waals surface area (Å²) in [6.07, 6.45) is 0.394. The maximum absolute atomic E-state index is 11.6. The predicted molar refractivity (Wildman–Crippen MR) is 62.7 cm³/mol. The zero-order valence-electron chi connectivity index (χ0n) is 10.1. The first-order valence-electron chi connectivity index (χ1n) is 5.56. The molecule has 1 saturated heterocycles. The Balaban J connectivity index is 2.56. The number of rotatable bonds is 4. The smallest absolute Gasteiger partial charge is 0.421 e. The number of hydrogen-bond acceptors (Lipinski definition) is 5. The maximum Gasteiger partial charge on any atom is 0.421 e. The molecule has 0 aliphatic carbocycles. The topological polar surface area (TPSA) is 96.5 Å². The summed E-state index contributed by atoms with van der Waals surface area (Å²) in [5.41, 5.74) is -0.524. The van der Waals surface area contributed by atoms with Crippen LogP contribution in [0, 0.1) is 0 Å². The third-order valence-electron chi connectivity index (χ3n) is 2.58. The minimum Gasteiger partial charge on any atom is -0.449 e. The van der Waals surface area contributed by atoms with Gasteiger partial charge in [0.05, 0.1) is 6.61 Å². The van der Waals surface area contributed by atoms with Crippen molar-refractivity contribution in [2.24, 2.45) is 0 Å².